The van der Waals surface area contributed by atoms with Crippen LogP contribution in [0.5, 0.6) is 0 Å². The third-order valence-electron chi connectivity index (χ3n) is 3.44. The van der Waals surface area contributed by atoms with Crippen molar-refractivity contribution in [1.29, 1.82) is 0 Å². The molecule has 0 saturated heterocycles. The lowest BCUT2D eigenvalue weighted by Crippen LogP contribution is -2.25. The third-order valence-corrected chi connectivity index (χ3v) is 6.37. The Bertz CT molecular complexity index is 936. The number of rotatable bonds is 6. The molecule has 6 nitrogen and oxygen atoms in total. The second kappa shape index (κ2) is 6.15. The quantitative estimate of drug-likeness (QED) is 0.814. The highest BCUT2D eigenvalue weighted by Crippen LogP contribution is 2.23. The Hall–Kier alpha value is -1.97. The van der Waals surface area contributed by atoms with Gasteiger partial charge in [0, 0.05) is 11.7 Å². The summed E-state index contributed by atoms with van der Waals surface area (Å²) >= 11 is 0. The van der Waals surface area contributed by atoms with Crippen LogP contribution in [0.4, 0.5) is 10.1 Å². The average molecular weight is 370 g/mol. The van der Waals surface area contributed by atoms with E-state index in [-0.39, 0.29) is 21.5 Å². The van der Waals surface area contributed by atoms with E-state index in [1.807, 2.05) is 0 Å². The van der Waals surface area contributed by atoms with Crippen molar-refractivity contribution in [3.05, 3.63) is 54.3 Å². The van der Waals surface area contributed by atoms with Gasteiger partial charge in [-0.15, -0.1) is 0 Å². The number of anilines is 1. The Balaban J connectivity index is 1.80. The molecule has 0 aromatic heterocycles. The van der Waals surface area contributed by atoms with E-state index in [9.17, 15) is 21.2 Å². The summed E-state index contributed by atoms with van der Waals surface area (Å²) in [7, 11) is -7.52. The van der Waals surface area contributed by atoms with Gasteiger partial charge in [0.15, 0.2) is 0 Å². The number of hydrogen-bond donors (Lipinski definition) is 2. The van der Waals surface area contributed by atoms with Crippen molar-refractivity contribution in [2.24, 2.45) is 0 Å². The van der Waals surface area contributed by atoms with Gasteiger partial charge in [-0.05, 0) is 61.4 Å². The predicted molar refractivity (Wildman–Crippen MR) is 87.0 cm³/mol. The van der Waals surface area contributed by atoms with Gasteiger partial charge in [-0.3, -0.25) is 4.72 Å². The molecule has 0 spiro atoms. The van der Waals surface area contributed by atoms with Crippen molar-refractivity contribution >= 4 is 25.7 Å². The van der Waals surface area contributed by atoms with E-state index in [2.05, 4.69) is 9.44 Å². The van der Waals surface area contributed by atoms with Crippen molar-refractivity contribution < 1.29 is 21.2 Å². The van der Waals surface area contributed by atoms with E-state index in [1.54, 1.807) is 0 Å². The molecule has 1 aliphatic rings. The SMILES string of the molecule is O=S(=O)(Nc1ccc(F)cc1)c1ccc(S(=O)(=O)NC2CC2)cc1. The Kier molecular flexibility index (Phi) is 4.33. The summed E-state index contributed by atoms with van der Waals surface area (Å²) in [4.78, 5) is -0.0765. The summed E-state index contributed by atoms with van der Waals surface area (Å²) < 4.78 is 66.3. The lowest BCUT2D eigenvalue weighted by molar-refractivity contribution is 0.580. The molecular formula is C15H15FN2O4S2. The summed E-state index contributed by atoms with van der Waals surface area (Å²) in [6.45, 7) is 0. The molecule has 24 heavy (non-hydrogen) atoms. The van der Waals surface area contributed by atoms with Crippen LogP contribution in [0.3, 0.4) is 0 Å². The van der Waals surface area contributed by atoms with Gasteiger partial charge in [0.1, 0.15) is 5.82 Å². The minimum atomic E-state index is -3.89. The van der Waals surface area contributed by atoms with Gasteiger partial charge in [0.2, 0.25) is 10.0 Å². The van der Waals surface area contributed by atoms with E-state index < -0.39 is 25.9 Å². The standard InChI is InChI=1S/C15H15FN2O4S2/c16-11-1-3-12(4-2-11)17-23(19,20)14-7-9-15(10-8-14)24(21,22)18-13-5-6-13/h1-4,7-10,13,17-18H,5-6H2. The molecule has 1 aliphatic carbocycles. The van der Waals surface area contributed by atoms with Crippen molar-refractivity contribution in [3.63, 3.8) is 0 Å². The second-order valence-corrected chi connectivity index (χ2v) is 8.88. The van der Waals surface area contributed by atoms with Crippen molar-refractivity contribution in [2.45, 2.75) is 28.7 Å². The molecule has 2 aromatic carbocycles. The van der Waals surface area contributed by atoms with E-state index in [0.29, 0.717) is 0 Å². The third kappa shape index (κ3) is 3.92. The summed E-state index contributed by atoms with van der Waals surface area (Å²) in [5.74, 6) is -0.476. The second-order valence-electron chi connectivity index (χ2n) is 5.48. The van der Waals surface area contributed by atoms with Crippen LogP contribution >= 0.6 is 0 Å². The van der Waals surface area contributed by atoms with Gasteiger partial charge in [-0.2, -0.15) is 0 Å². The van der Waals surface area contributed by atoms with Crippen molar-refractivity contribution in [3.8, 4) is 0 Å². The molecule has 128 valence electrons. The number of sulfonamides is 2. The van der Waals surface area contributed by atoms with Gasteiger partial charge in [0.25, 0.3) is 10.0 Å². The average Bonchev–Trinajstić information content (AvgIpc) is 3.33. The Morgan fingerprint density at radius 1 is 0.792 bits per heavy atom. The zero-order valence-electron chi connectivity index (χ0n) is 12.4. The molecule has 0 radical (unpaired) electrons. The Labute approximate surface area is 139 Å². The fourth-order valence-corrected chi connectivity index (χ4v) is 4.38. The first-order valence-corrected chi connectivity index (χ1v) is 10.1. The summed E-state index contributed by atoms with van der Waals surface area (Å²) in [5.41, 5.74) is 0.212. The van der Waals surface area contributed by atoms with Gasteiger partial charge in [0.05, 0.1) is 9.79 Å². The molecule has 0 bridgehead atoms. The maximum atomic E-state index is 12.9. The van der Waals surface area contributed by atoms with Crippen LogP contribution in [0, 0.1) is 5.82 Å². The number of halogens is 1. The molecule has 1 fully saturated rings. The molecule has 0 unspecified atom stereocenters. The van der Waals surface area contributed by atoms with E-state index in [1.165, 1.54) is 36.4 Å². The van der Waals surface area contributed by atoms with Crippen molar-refractivity contribution in [2.75, 3.05) is 4.72 Å². The summed E-state index contributed by atoms with van der Waals surface area (Å²) in [6, 6.07) is 9.75. The molecule has 0 heterocycles. The van der Waals surface area contributed by atoms with Crippen molar-refractivity contribution in [1.82, 2.24) is 4.72 Å². The predicted octanol–water partition coefficient (Wildman–Crippen LogP) is 2.07. The highest BCUT2D eigenvalue weighted by molar-refractivity contribution is 7.92. The number of benzene rings is 2. The Morgan fingerprint density at radius 2 is 1.29 bits per heavy atom. The molecule has 3 rings (SSSR count). The monoisotopic (exact) mass is 370 g/mol. The summed E-state index contributed by atoms with van der Waals surface area (Å²) in [6.07, 6.45) is 1.63. The van der Waals surface area contributed by atoms with Crippen LogP contribution in [0.2, 0.25) is 0 Å². The Morgan fingerprint density at radius 3 is 1.79 bits per heavy atom. The number of hydrogen-bond acceptors (Lipinski definition) is 4. The largest absolute Gasteiger partial charge is 0.280 e. The van der Waals surface area contributed by atoms with E-state index >= 15 is 0 Å². The minimum Gasteiger partial charge on any atom is -0.280 e. The first kappa shape index (κ1) is 16.9. The van der Waals surface area contributed by atoms with Gasteiger partial charge in [-0.1, -0.05) is 0 Å². The fourth-order valence-electron chi connectivity index (χ4n) is 2.02. The zero-order valence-corrected chi connectivity index (χ0v) is 14.1. The zero-order chi connectivity index (χ0) is 17.4. The highest BCUT2D eigenvalue weighted by atomic mass is 32.2. The topological polar surface area (TPSA) is 92.3 Å². The molecule has 9 heteroatoms. The lowest BCUT2D eigenvalue weighted by atomic mass is 10.3. The van der Waals surface area contributed by atoms with Crippen LogP contribution in [0.15, 0.2) is 58.3 Å². The molecule has 2 N–H and O–H groups in total. The minimum absolute atomic E-state index is 0.00938. The molecule has 0 amide bonds. The van der Waals surface area contributed by atoms with Crippen LogP contribution in [0.1, 0.15) is 12.8 Å². The number of nitrogens with one attached hydrogen (secondary N) is 2. The molecule has 0 aliphatic heterocycles. The van der Waals surface area contributed by atoms with E-state index in [0.717, 1.165) is 25.0 Å². The molecule has 2 aromatic rings. The molecular weight excluding hydrogens is 355 g/mol. The normalized spacial score (nSPS) is 15.2. The smallest absolute Gasteiger partial charge is 0.261 e. The molecule has 0 atom stereocenters. The lowest BCUT2D eigenvalue weighted by Gasteiger charge is -2.09. The first-order chi connectivity index (χ1) is 11.3. The maximum Gasteiger partial charge on any atom is 0.261 e. The molecule has 1 saturated carbocycles. The van der Waals surface area contributed by atoms with E-state index in [4.69, 9.17) is 0 Å². The highest BCUT2D eigenvalue weighted by Gasteiger charge is 2.28. The van der Waals surface area contributed by atoms with Gasteiger partial charge >= 0.3 is 0 Å². The fraction of sp³-hybridized carbons (Fsp3) is 0.200. The van der Waals surface area contributed by atoms with Gasteiger partial charge in [-0.25, -0.2) is 25.9 Å². The summed E-state index contributed by atoms with van der Waals surface area (Å²) in [5, 5.41) is 0. The first-order valence-electron chi connectivity index (χ1n) is 7.17. The van der Waals surface area contributed by atoms with Crippen LogP contribution in [-0.2, 0) is 20.0 Å². The van der Waals surface area contributed by atoms with Crippen LogP contribution in [0.25, 0.3) is 0 Å². The van der Waals surface area contributed by atoms with Gasteiger partial charge < -0.3 is 0 Å². The van der Waals surface area contributed by atoms with Crippen LogP contribution in [-0.4, -0.2) is 22.9 Å². The maximum absolute atomic E-state index is 12.9. The van der Waals surface area contributed by atoms with Crippen LogP contribution < -0.4 is 9.44 Å².